The van der Waals surface area contributed by atoms with Crippen molar-refractivity contribution in [3.05, 3.63) is 50.4 Å². The molecule has 0 unspecified atom stereocenters. The summed E-state index contributed by atoms with van der Waals surface area (Å²) >= 11 is 13.8. The summed E-state index contributed by atoms with van der Waals surface area (Å²) in [4.78, 5) is 16.3. The Kier molecular flexibility index (Phi) is 5.65. The van der Waals surface area contributed by atoms with Crippen LogP contribution in [0.4, 0.5) is 0 Å². The quantitative estimate of drug-likeness (QED) is 0.563. The molecule has 8 heteroatoms. The van der Waals surface area contributed by atoms with Crippen molar-refractivity contribution in [2.24, 2.45) is 0 Å². The maximum atomic E-state index is 12.9. The second-order valence-corrected chi connectivity index (χ2v) is 9.00. The van der Waals surface area contributed by atoms with Crippen molar-refractivity contribution in [2.75, 3.05) is 20.2 Å². The van der Waals surface area contributed by atoms with E-state index >= 15 is 0 Å². The third-order valence-electron chi connectivity index (χ3n) is 5.00. The lowest BCUT2D eigenvalue weighted by molar-refractivity contribution is 0.0591. The van der Waals surface area contributed by atoms with Crippen LogP contribution in [-0.2, 0) is 11.3 Å². The molecule has 148 valence electrons. The van der Waals surface area contributed by atoms with E-state index in [-0.39, 0.29) is 12.0 Å². The molecule has 0 spiro atoms. The highest BCUT2D eigenvalue weighted by Gasteiger charge is 2.23. The van der Waals surface area contributed by atoms with Gasteiger partial charge < -0.3 is 9.64 Å². The molecule has 1 aromatic carbocycles. The summed E-state index contributed by atoms with van der Waals surface area (Å²) in [6.07, 6.45) is 2.23. The van der Waals surface area contributed by atoms with Gasteiger partial charge in [0.15, 0.2) is 0 Å². The summed E-state index contributed by atoms with van der Waals surface area (Å²) in [5.41, 5.74) is 1.84. The van der Waals surface area contributed by atoms with Gasteiger partial charge in [-0.3, -0.25) is 9.48 Å². The molecule has 4 rings (SSSR count). The molecule has 1 fully saturated rings. The summed E-state index contributed by atoms with van der Waals surface area (Å²) in [5, 5.41) is 6.85. The van der Waals surface area contributed by atoms with Crippen LogP contribution < -0.4 is 0 Å². The number of thiophene rings is 1. The van der Waals surface area contributed by atoms with E-state index in [4.69, 9.17) is 27.9 Å². The van der Waals surface area contributed by atoms with Crippen LogP contribution in [-0.4, -0.2) is 46.9 Å². The van der Waals surface area contributed by atoms with Crippen molar-refractivity contribution in [2.45, 2.75) is 32.4 Å². The SMILES string of the molecule is Cc1nn(Cc2ccc(Cl)cc2Cl)c2sc(C(=O)N(C)C[C@@H]3CCCO3)cc12. The first-order chi connectivity index (χ1) is 13.4. The average molecular weight is 438 g/mol. The van der Waals surface area contributed by atoms with Crippen LogP contribution in [0.3, 0.4) is 0 Å². The Labute approximate surface area is 177 Å². The average Bonchev–Trinajstić information content (AvgIpc) is 3.36. The molecule has 1 saturated heterocycles. The second kappa shape index (κ2) is 8.03. The Balaban J connectivity index is 1.58. The number of hydrogen-bond donors (Lipinski definition) is 0. The predicted molar refractivity (Wildman–Crippen MR) is 114 cm³/mol. The second-order valence-electron chi connectivity index (χ2n) is 7.13. The number of ether oxygens (including phenoxy) is 1. The molecule has 0 radical (unpaired) electrons. The lowest BCUT2D eigenvalue weighted by Gasteiger charge is -2.20. The highest BCUT2D eigenvalue weighted by Crippen LogP contribution is 2.31. The number of carbonyl (C=O) groups excluding carboxylic acids is 1. The molecular weight excluding hydrogens is 417 g/mol. The minimum absolute atomic E-state index is 0.0205. The molecule has 3 aromatic rings. The van der Waals surface area contributed by atoms with Crippen molar-refractivity contribution < 1.29 is 9.53 Å². The largest absolute Gasteiger partial charge is 0.376 e. The molecule has 0 saturated carbocycles. The van der Waals surface area contributed by atoms with Crippen LogP contribution in [0.25, 0.3) is 10.2 Å². The molecule has 28 heavy (non-hydrogen) atoms. The monoisotopic (exact) mass is 437 g/mol. The molecule has 0 N–H and O–H groups in total. The molecule has 1 atom stereocenters. The number of aryl methyl sites for hydroxylation is 1. The summed E-state index contributed by atoms with van der Waals surface area (Å²) in [6.45, 7) is 3.90. The Morgan fingerprint density at radius 1 is 1.39 bits per heavy atom. The number of aromatic nitrogens is 2. The Hall–Kier alpha value is -1.60. The topological polar surface area (TPSA) is 47.4 Å². The van der Waals surface area contributed by atoms with Gasteiger partial charge in [0, 0.05) is 35.6 Å². The highest BCUT2D eigenvalue weighted by atomic mass is 35.5. The van der Waals surface area contributed by atoms with Crippen LogP contribution in [0.15, 0.2) is 24.3 Å². The van der Waals surface area contributed by atoms with Crippen LogP contribution in [0.1, 0.15) is 33.8 Å². The number of amides is 1. The van der Waals surface area contributed by atoms with Crippen LogP contribution in [0.5, 0.6) is 0 Å². The number of fused-ring (bicyclic) bond motifs is 1. The van der Waals surface area contributed by atoms with Gasteiger partial charge in [-0.1, -0.05) is 29.3 Å². The number of benzene rings is 1. The van der Waals surface area contributed by atoms with Gasteiger partial charge in [-0.05, 0) is 43.5 Å². The van der Waals surface area contributed by atoms with Crippen molar-refractivity contribution in [3.8, 4) is 0 Å². The lowest BCUT2D eigenvalue weighted by atomic mass is 10.2. The third-order valence-corrected chi connectivity index (χ3v) is 6.72. The van der Waals surface area contributed by atoms with Gasteiger partial charge in [-0.15, -0.1) is 11.3 Å². The minimum atomic E-state index is 0.0205. The van der Waals surface area contributed by atoms with E-state index in [0.29, 0.717) is 28.0 Å². The first kappa shape index (κ1) is 19.7. The summed E-state index contributed by atoms with van der Waals surface area (Å²) in [6, 6.07) is 7.40. The van der Waals surface area contributed by atoms with Gasteiger partial charge in [0.05, 0.1) is 23.2 Å². The molecule has 2 aromatic heterocycles. The van der Waals surface area contributed by atoms with E-state index in [1.165, 1.54) is 11.3 Å². The Morgan fingerprint density at radius 2 is 2.21 bits per heavy atom. The van der Waals surface area contributed by atoms with Gasteiger partial charge in [0.2, 0.25) is 0 Å². The van der Waals surface area contributed by atoms with Gasteiger partial charge >= 0.3 is 0 Å². The van der Waals surface area contributed by atoms with E-state index in [9.17, 15) is 4.79 Å². The van der Waals surface area contributed by atoms with E-state index < -0.39 is 0 Å². The fraction of sp³-hybridized carbons (Fsp3) is 0.400. The van der Waals surface area contributed by atoms with E-state index in [0.717, 1.165) is 40.9 Å². The first-order valence-corrected chi connectivity index (χ1v) is 10.8. The van der Waals surface area contributed by atoms with E-state index in [1.54, 1.807) is 11.0 Å². The molecule has 3 heterocycles. The highest BCUT2D eigenvalue weighted by molar-refractivity contribution is 7.20. The molecule has 1 aliphatic rings. The minimum Gasteiger partial charge on any atom is -0.376 e. The van der Waals surface area contributed by atoms with Gasteiger partial charge in [-0.25, -0.2) is 0 Å². The predicted octanol–water partition coefficient (Wildman–Crippen LogP) is 5.01. The fourth-order valence-corrected chi connectivity index (χ4v) is 5.13. The number of carbonyl (C=O) groups is 1. The zero-order valence-corrected chi connectivity index (χ0v) is 18.1. The van der Waals surface area contributed by atoms with Crippen molar-refractivity contribution in [1.29, 1.82) is 0 Å². The van der Waals surface area contributed by atoms with Crippen molar-refractivity contribution >= 4 is 50.7 Å². The number of rotatable bonds is 5. The molecule has 0 aliphatic carbocycles. The molecule has 0 bridgehead atoms. The van der Waals surface area contributed by atoms with E-state index in [2.05, 4.69) is 5.10 Å². The molecule has 1 amide bonds. The Morgan fingerprint density at radius 3 is 2.93 bits per heavy atom. The standard InChI is InChI=1S/C20H21Cl2N3O2S/c1-12-16-9-18(19(26)24(2)11-15-4-3-7-27-15)28-20(16)25(23-12)10-13-5-6-14(21)8-17(13)22/h5-6,8-9,15H,3-4,7,10-11H2,1-2H3/t15-/m0/s1. The van der Waals surface area contributed by atoms with Crippen molar-refractivity contribution in [1.82, 2.24) is 14.7 Å². The van der Waals surface area contributed by atoms with E-state index in [1.807, 2.05) is 36.9 Å². The number of likely N-dealkylation sites (N-methyl/N-ethyl adjacent to an activating group) is 1. The van der Waals surface area contributed by atoms with Crippen molar-refractivity contribution in [3.63, 3.8) is 0 Å². The zero-order valence-electron chi connectivity index (χ0n) is 15.7. The smallest absolute Gasteiger partial charge is 0.263 e. The van der Waals surface area contributed by atoms with Crippen LogP contribution in [0.2, 0.25) is 10.0 Å². The Bertz CT molecular complexity index is 1020. The normalized spacial score (nSPS) is 16.8. The van der Waals surface area contributed by atoms with Gasteiger partial charge in [-0.2, -0.15) is 5.10 Å². The maximum Gasteiger partial charge on any atom is 0.263 e. The first-order valence-electron chi connectivity index (χ1n) is 9.20. The summed E-state index contributed by atoms with van der Waals surface area (Å²) in [7, 11) is 1.83. The summed E-state index contributed by atoms with van der Waals surface area (Å²) < 4.78 is 7.56. The fourth-order valence-electron chi connectivity index (χ4n) is 3.50. The van der Waals surface area contributed by atoms with Gasteiger partial charge in [0.1, 0.15) is 4.83 Å². The van der Waals surface area contributed by atoms with Crippen LogP contribution in [0, 0.1) is 6.92 Å². The molecule has 1 aliphatic heterocycles. The maximum absolute atomic E-state index is 12.9. The molecule has 5 nitrogen and oxygen atoms in total. The lowest BCUT2D eigenvalue weighted by Crippen LogP contribution is -2.33. The number of halogens is 2. The number of hydrogen-bond acceptors (Lipinski definition) is 4. The van der Waals surface area contributed by atoms with Crippen LogP contribution >= 0.6 is 34.5 Å². The third kappa shape index (κ3) is 3.92. The molecular formula is C20H21Cl2N3O2S. The zero-order chi connectivity index (χ0) is 19.8. The summed E-state index contributed by atoms with van der Waals surface area (Å²) in [5.74, 6) is 0.0205. The van der Waals surface area contributed by atoms with Gasteiger partial charge in [0.25, 0.3) is 5.91 Å². The number of nitrogens with zero attached hydrogens (tertiary/aromatic N) is 3.